The van der Waals surface area contributed by atoms with E-state index in [-0.39, 0.29) is 6.07 Å². The number of hydrogen-bond donors (Lipinski definition) is 6. The molecule has 22 heteroatoms. The van der Waals surface area contributed by atoms with Crippen LogP contribution in [0.1, 0.15) is 73.8 Å². The number of carbonyl (C=O) groups excluding carboxylic acids is 9. The lowest BCUT2D eigenvalue weighted by Crippen LogP contribution is -2.60. The normalized spacial score (nSPS) is 13.6. The molecule has 0 saturated carbocycles. The fraction of sp³-hybridized carbons (Fsp3) is 0.500. The number of carbonyl (C=O) groups is 9. The van der Waals surface area contributed by atoms with Gasteiger partial charge in [0.05, 0.1) is 27.1 Å². The average molecular weight is 911 g/mol. The van der Waals surface area contributed by atoms with E-state index < -0.39 is 149 Å². The van der Waals surface area contributed by atoms with Crippen LogP contribution < -0.4 is 36.6 Å². The molecule has 0 heterocycles. The van der Waals surface area contributed by atoms with Crippen molar-refractivity contribution >= 4 is 58.9 Å². The van der Waals surface area contributed by atoms with Crippen molar-refractivity contribution in [1.82, 2.24) is 26.6 Å². The summed E-state index contributed by atoms with van der Waals surface area (Å²) in [6.45, 7) is 11.7. The monoisotopic (exact) mass is 910 g/mol. The maximum absolute atomic E-state index is 14.1. The lowest BCUT2D eigenvalue weighted by molar-refractivity contribution is -0.145. The van der Waals surface area contributed by atoms with Crippen molar-refractivity contribution in [2.45, 2.75) is 104 Å². The highest BCUT2D eigenvalue weighted by Crippen LogP contribution is 2.29. The minimum atomic E-state index is -1.95. The standard InChI is InChI=1S/C42H54F4N6O12/c1-19(2)33(38(58)47-21(5)36(56)49-26(16-29(54)62-9)28(53)18-64-35-31(45)23(43)15-24(44)32(35)46)51-37(57)27(17-30(55)63-10)50-39(59)34(20(3)4)52-41(61)40(60)48-25-14-12-11-13-22(25)42(6,7)8/h11-15,19-21,26-27,33-34H,16-18H2,1-10H3,(H,47,58)(H,48,60)(H,49,56)(H,50,59)(H,51,57)(H,52,61)/t21-,26?,27-,33-,34-/m0/s1. The highest BCUT2D eigenvalue weighted by atomic mass is 19.2. The Morgan fingerprint density at radius 3 is 1.61 bits per heavy atom. The first kappa shape index (κ1) is 53.5. The van der Waals surface area contributed by atoms with E-state index in [4.69, 9.17) is 0 Å². The van der Waals surface area contributed by atoms with Crippen LogP contribution in [0.3, 0.4) is 0 Å². The molecule has 2 rings (SSSR count). The summed E-state index contributed by atoms with van der Waals surface area (Å²) in [4.78, 5) is 117. The fourth-order valence-electron chi connectivity index (χ4n) is 5.76. The second-order valence-electron chi connectivity index (χ2n) is 16.1. The third-order valence-corrected chi connectivity index (χ3v) is 9.39. The van der Waals surface area contributed by atoms with Gasteiger partial charge in [-0.15, -0.1) is 0 Å². The molecule has 352 valence electrons. The second kappa shape index (κ2) is 23.7. The Balaban J connectivity index is 2.22. The van der Waals surface area contributed by atoms with Crippen LogP contribution in [-0.2, 0) is 58.0 Å². The molecule has 0 aliphatic heterocycles. The molecule has 0 radical (unpaired) electrons. The van der Waals surface area contributed by atoms with E-state index >= 15 is 0 Å². The first-order chi connectivity index (χ1) is 29.7. The zero-order chi connectivity index (χ0) is 48.8. The molecule has 18 nitrogen and oxygen atoms in total. The molecule has 6 N–H and O–H groups in total. The van der Waals surface area contributed by atoms with Crippen molar-refractivity contribution in [1.29, 1.82) is 0 Å². The van der Waals surface area contributed by atoms with E-state index in [2.05, 4.69) is 46.1 Å². The van der Waals surface area contributed by atoms with Crippen molar-refractivity contribution in [3.05, 3.63) is 59.2 Å². The Hall–Kier alpha value is -6.61. The number of nitrogens with one attached hydrogen (secondary N) is 6. The molecule has 0 fully saturated rings. The van der Waals surface area contributed by atoms with E-state index in [1.165, 1.54) is 13.8 Å². The van der Waals surface area contributed by atoms with E-state index in [0.29, 0.717) is 5.69 Å². The van der Waals surface area contributed by atoms with Crippen molar-refractivity contribution in [2.75, 3.05) is 26.1 Å². The highest BCUT2D eigenvalue weighted by Gasteiger charge is 2.36. The van der Waals surface area contributed by atoms with Crippen LogP contribution in [-0.4, -0.2) is 104 Å². The molecule has 0 bridgehead atoms. The number of rotatable bonds is 20. The molecule has 5 atom stereocenters. The molecule has 64 heavy (non-hydrogen) atoms. The maximum Gasteiger partial charge on any atom is 0.313 e. The van der Waals surface area contributed by atoms with Gasteiger partial charge < -0.3 is 46.1 Å². The Labute approximate surface area is 366 Å². The van der Waals surface area contributed by atoms with Gasteiger partial charge in [-0.25, -0.2) is 8.78 Å². The third-order valence-electron chi connectivity index (χ3n) is 9.39. The summed E-state index contributed by atoms with van der Waals surface area (Å²) < 4.78 is 69.3. The van der Waals surface area contributed by atoms with Gasteiger partial charge in [0, 0.05) is 11.8 Å². The summed E-state index contributed by atoms with van der Waals surface area (Å²) in [5.41, 5.74) is 0.702. The topological polar surface area (TPSA) is 253 Å². The predicted octanol–water partition coefficient (Wildman–Crippen LogP) is 2.01. The van der Waals surface area contributed by atoms with E-state index in [1.807, 2.05) is 20.8 Å². The van der Waals surface area contributed by atoms with E-state index in [0.717, 1.165) is 26.7 Å². The summed E-state index contributed by atoms with van der Waals surface area (Å²) in [5, 5.41) is 14.1. The molecular formula is C42H54F4N6O12. The zero-order valence-electron chi connectivity index (χ0n) is 37.0. The number of ketones is 1. The van der Waals surface area contributed by atoms with Crippen molar-refractivity contribution in [3.63, 3.8) is 0 Å². The molecule has 0 saturated heterocycles. The molecule has 0 aliphatic rings. The molecule has 2 aromatic carbocycles. The van der Waals surface area contributed by atoms with Gasteiger partial charge in [0.1, 0.15) is 36.8 Å². The van der Waals surface area contributed by atoms with Crippen molar-refractivity contribution in [2.24, 2.45) is 11.8 Å². The Bertz CT molecular complexity index is 2070. The number of hydrogen-bond acceptors (Lipinski definition) is 12. The first-order valence-corrected chi connectivity index (χ1v) is 19.8. The molecule has 0 spiro atoms. The highest BCUT2D eigenvalue weighted by molar-refractivity contribution is 6.40. The SMILES string of the molecule is COC(=O)CC(NC(=O)[C@H](C)NC(=O)[C@@H](NC(=O)[C@H](CC(=O)OC)NC(=O)[C@@H](NC(=O)C(=O)Nc1ccccc1C(C)(C)C)C(C)C)C(C)C)C(=O)COc1c(F)c(F)cc(F)c1F. The average Bonchev–Trinajstić information content (AvgIpc) is 3.22. The molecule has 0 aromatic heterocycles. The van der Waals surface area contributed by atoms with Crippen LogP contribution >= 0.6 is 0 Å². The van der Waals surface area contributed by atoms with Gasteiger partial charge in [-0.05, 0) is 35.8 Å². The number of ether oxygens (including phenoxy) is 3. The zero-order valence-corrected chi connectivity index (χ0v) is 37.0. The summed E-state index contributed by atoms with van der Waals surface area (Å²) >= 11 is 0. The summed E-state index contributed by atoms with van der Waals surface area (Å²) in [6, 6.07) is -1.18. The maximum atomic E-state index is 14.1. The van der Waals surface area contributed by atoms with Gasteiger partial charge in [0.15, 0.2) is 23.2 Å². The number of halogens is 4. The Kier molecular flexibility index (Phi) is 19.8. The molecule has 1 unspecified atom stereocenters. The molecule has 2 aromatic rings. The largest absolute Gasteiger partial charge is 0.479 e. The minimum Gasteiger partial charge on any atom is -0.479 e. The number of benzene rings is 2. The van der Waals surface area contributed by atoms with Gasteiger partial charge >= 0.3 is 23.8 Å². The molecule has 0 aliphatic carbocycles. The van der Waals surface area contributed by atoms with Crippen LogP contribution in [0.2, 0.25) is 0 Å². The van der Waals surface area contributed by atoms with Crippen LogP contribution in [0.5, 0.6) is 5.75 Å². The number of amides is 6. The Morgan fingerprint density at radius 2 is 1.09 bits per heavy atom. The predicted molar refractivity (Wildman–Crippen MR) is 219 cm³/mol. The summed E-state index contributed by atoms with van der Waals surface area (Å²) in [5.74, 6) is -20.2. The second-order valence-corrected chi connectivity index (χ2v) is 16.1. The first-order valence-electron chi connectivity index (χ1n) is 19.8. The van der Waals surface area contributed by atoms with Crippen LogP contribution in [0.25, 0.3) is 0 Å². The number of Topliss-reactive ketones (excluding diaryl/α,β-unsaturated/α-hetero) is 1. The minimum absolute atomic E-state index is 0.0887. The number of para-hydroxylation sites is 1. The van der Waals surface area contributed by atoms with Gasteiger partial charge in [0.2, 0.25) is 35.3 Å². The quantitative estimate of drug-likeness (QED) is 0.0483. The van der Waals surface area contributed by atoms with Crippen molar-refractivity contribution in [3.8, 4) is 5.75 Å². The van der Waals surface area contributed by atoms with Crippen LogP contribution in [0, 0.1) is 35.1 Å². The fourth-order valence-corrected chi connectivity index (χ4v) is 5.76. The van der Waals surface area contributed by atoms with Gasteiger partial charge in [0.25, 0.3) is 0 Å². The number of methoxy groups -OCH3 is 2. The summed E-state index contributed by atoms with van der Waals surface area (Å²) in [6.07, 6.45) is -1.61. The van der Waals surface area contributed by atoms with Gasteiger partial charge in [-0.1, -0.05) is 66.7 Å². The van der Waals surface area contributed by atoms with E-state index in [9.17, 15) is 60.7 Å². The van der Waals surface area contributed by atoms with Crippen LogP contribution in [0.4, 0.5) is 23.2 Å². The van der Waals surface area contributed by atoms with Crippen molar-refractivity contribution < 1.29 is 74.9 Å². The summed E-state index contributed by atoms with van der Waals surface area (Å²) in [7, 11) is 1.97. The smallest absolute Gasteiger partial charge is 0.313 e. The van der Waals surface area contributed by atoms with Crippen LogP contribution in [0.15, 0.2) is 30.3 Å². The van der Waals surface area contributed by atoms with E-state index in [1.54, 1.807) is 38.1 Å². The van der Waals surface area contributed by atoms with Gasteiger partial charge in [-0.2, -0.15) is 8.78 Å². The lowest BCUT2D eigenvalue weighted by Gasteiger charge is -2.28. The third kappa shape index (κ3) is 15.3. The molecular weight excluding hydrogens is 856 g/mol. The number of esters is 2. The Morgan fingerprint density at radius 1 is 0.609 bits per heavy atom. The number of anilines is 1. The lowest BCUT2D eigenvalue weighted by atomic mass is 9.86. The molecule has 6 amide bonds. The van der Waals surface area contributed by atoms with Gasteiger partial charge in [-0.3, -0.25) is 43.2 Å².